The van der Waals surface area contributed by atoms with Crippen LogP contribution in [0.5, 0.6) is 0 Å². The average Bonchev–Trinajstić information content (AvgIpc) is 2.80. The Morgan fingerprint density at radius 1 is 1.58 bits per heavy atom. The van der Waals surface area contributed by atoms with Gasteiger partial charge in [-0.1, -0.05) is 0 Å². The van der Waals surface area contributed by atoms with Crippen molar-refractivity contribution in [2.75, 3.05) is 24.0 Å². The van der Waals surface area contributed by atoms with E-state index in [-0.39, 0.29) is 16.7 Å². The van der Waals surface area contributed by atoms with Crippen molar-refractivity contribution in [2.24, 2.45) is 0 Å². The fourth-order valence-corrected chi connectivity index (χ4v) is 3.36. The number of anilines is 1. The number of thioether (sulfide) groups is 1. The van der Waals surface area contributed by atoms with Gasteiger partial charge in [0.2, 0.25) is 0 Å². The summed E-state index contributed by atoms with van der Waals surface area (Å²) in [5, 5.41) is 21.3. The first kappa shape index (κ1) is 16.3. The molecule has 2 atom stereocenters. The maximum Gasteiger partial charge on any atom is 0.304 e. The van der Waals surface area contributed by atoms with Crippen molar-refractivity contribution >= 4 is 33.8 Å². The third kappa shape index (κ3) is 4.09. The predicted octanol–water partition coefficient (Wildman–Crippen LogP) is 3.29. The fourth-order valence-electron chi connectivity index (χ4n) is 1.66. The van der Waals surface area contributed by atoms with Crippen LogP contribution in [0.2, 0.25) is 0 Å². The third-order valence-corrected chi connectivity index (χ3v) is 5.07. The minimum Gasteiger partial charge on any atom is -0.388 e. The molecule has 19 heavy (non-hydrogen) atoms. The van der Waals surface area contributed by atoms with Crippen LogP contribution in [0.1, 0.15) is 31.2 Å². The van der Waals surface area contributed by atoms with Gasteiger partial charge in [-0.3, -0.25) is 10.1 Å². The molecule has 108 valence electrons. The summed E-state index contributed by atoms with van der Waals surface area (Å²) in [5.41, 5.74) is 0.0828. The van der Waals surface area contributed by atoms with Gasteiger partial charge >= 0.3 is 5.69 Å². The summed E-state index contributed by atoms with van der Waals surface area (Å²) in [7, 11) is 1.87. The molecule has 0 aliphatic heterocycles. The summed E-state index contributed by atoms with van der Waals surface area (Å²) >= 11 is 3.06. The molecule has 0 saturated heterocycles. The molecule has 0 radical (unpaired) electrons. The molecule has 0 fully saturated rings. The highest BCUT2D eigenvalue weighted by Gasteiger charge is 2.25. The molecule has 1 unspecified atom stereocenters. The van der Waals surface area contributed by atoms with Crippen LogP contribution in [0, 0.1) is 10.1 Å². The Labute approximate surface area is 121 Å². The Morgan fingerprint density at radius 2 is 2.21 bits per heavy atom. The van der Waals surface area contributed by atoms with Crippen molar-refractivity contribution < 1.29 is 10.0 Å². The van der Waals surface area contributed by atoms with Gasteiger partial charge in [0, 0.05) is 24.0 Å². The SMILES string of the molecule is CSCCC(C)N(C)c1sc([C@H](C)O)cc1[N+](=O)[O-]. The highest BCUT2D eigenvalue weighted by Crippen LogP contribution is 2.40. The topological polar surface area (TPSA) is 66.6 Å². The van der Waals surface area contributed by atoms with Crippen molar-refractivity contribution in [2.45, 2.75) is 32.4 Å². The van der Waals surface area contributed by atoms with E-state index in [0.29, 0.717) is 9.88 Å². The minimum atomic E-state index is -0.674. The second-order valence-corrected chi connectivity index (χ2v) is 6.56. The maximum atomic E-state index is 11.1. The summed E-state index contributed by atoms with van der Waals surface area (Å²) in [4.78, 5) is 13.3. The maximum absolute atomic E-state index is 11.1. The molecule has 0 spiro atoms. The summed E-state index contributed by atoms with van der Waals surface area (Å²) < 4.78 is 0. The largest absolute Gasteiger partial charge is 0.388 e. The summed E-state index contributed by atoms with van der Waals surface area (Å²) in [5.74, 6) is 1.02. The van der Waals surface area contributed by atoms with E-state index in [0.717, 1.165) is 12.2 Å². The highest BCUT2D eigenvalue weighted by molar-refractivity contribution is 7.98. The smallest absolute Gasteiger partial charge is 0.304 e. The first-order valence-corrected chi connectivity index (χ1v) is 8.27. The first-order valence-electron chi connectivity index (χ1n) is 6.06. The van der Waals surface area contributed by atoms with Crippen LogP contribution in [0.15, 0.2) is 6.07 Å². The molecule has 1 aromatic rings. The van der Waals surface area contributed by atoms with Gasteiger partial charge in [0.15, 0.2) is 5.00 Å². The molecule has 0 aromatic carbocycles. The van der Waals surface area contributed by atoms with Crippen LogP contribution in [-0.4, -0.2) is 35.1 Å². The molecule has 0 amide bonds. The lowest BCUT2D eigenvalue weighted by atomic mass is 10.2. The molecule has 0 aliphatic carbocycles. The molecule has 1 rings (SSSR count). The molecule has 0 saturated carbocycles. The lowest BCUT2D eigenvalue weighted by molar-refractivity contribution is -0.383. The molecule has 7 heteroatoms. The van der Waals surface area contributed by atoms with Crippen LogP contribution in [0.3, 0.4) is 0 Å². The summed E-state index contributed by atoms with van der Waals surface area (Å²) in [6, 6.07) is 1.70. The Morgan fingerprint density at radius 3 is 2.68 bits per heavy atom. The molecule has 1 N–H and O–H groups in total. The zero-order valence-electron chi connectivity index (χ0n) is 11.6. The lowest BCUT2D eigenvalue weighted by Crippen LogP contribution is -2.29. The van der Waals surface area contributed by atoms with Crippen molar-refractivity contribution in [3.05, 3.63) is 21.1 Å². The van der Waals surface area contributed by atoms with E-state index in [9.17, 15) is 15.2 Å². The molecule has 0 aliphatic rings. The Kier molecular flexibility index (Phi) is 6.09. The highest BCUT2D eigenvalue weighted by atomic mass is 32.2. The summed E-state index contributed by atoms with van der Waals surface area (Å²) in [6.07, 6.45) is 2.34. The number of hydrogen-bond acceptors (Lipinski definition) is 6. The fraction of sp³-hybridized carbons (Fsp3) is 0.667. The predicted molar refractivity (Wildman–Crippen MR) is 82.5 cm³/mol. The molecule has 0 bridgehead atoms. The van der Waals surface area contributed by atoms with Gasteiger partial charge in [0.25, 0.3) is 0 Å². The number of rotatable bonds is 7. The Bertz CT molecular complexity index is 435. The van der Waals surface area contributed by atoms with Gasteiger partial charge in [-0.25, -0.2) is 0 Å². The molecular weight excluding hydrogens is 284 g/mol. The molecular formula is C12H20N2O3S2. The van der Waals surface area contributed by atoms with E-state index in [1.807, 2.05) is 18.2 Å². The van der Waals surface area contributed by atoms with Crippen LogP contribution < -0.4 is 4.90 Å². The van der Waals surface area contributed by atoms with Crippen molar-refractivity contribution in [3.63, 3.8) is 0 Å². The monoisotopic (exact) mass is 304 g/mol. The second kappa shape index (κ2) is 7.12. The van der Waals surface area contributed by atoms with Crippen LogP contribution in [0.4, 0.5) is 10.7 Å². The average molecular weight is 304 g/mol. The van der Waals surface area contributed by atoms with Gasteiger partial charge in [0.1, 0.15) is 0 Å². The molecule has 1 heterocycles. The normalized spacial score (nSPS) is 14.2. The van der Waals surface area contributed by atoms with Crippen molar-refractivity contribution in [1.29, 1.82) is 0 Å². The van der Waals surface area contributed by atoms with E-state index in [1.54, 1.807) is 18.7 Å². The van der Waals surface area contributed by atoms with E-state index >= 15 is 0 Å². The Hall–Kier alpha value is -0.790. The van der Waals surface area contributed by atoms with Crippen molar-refractivity contribution in [3.8, 4) is 0 Å². The second-order valence-electron chi connectivity index (χ2n) is 4.51. The van der Waals surface area contributed by atoms with E-state index in [4.69, 9.17) is 0 Å². The molecule has 5 nitrogen and oxygen atoms in total. The zero-order valence-corrected chi connectivity index (χ0v) is 13.3. The lowest BCUT2D eigenvalue weighted by Gasteiger charge is -2.24. The number of thiophene rings is 1. The summed E-state index contributed by atoms with van der Waals surface area (Å²) in [6.45, 7) is 3.68. The number of hydrogen-bond donors (Lipinski definition) is 1. The van der Waals surface area contributed by atoms with E-state index < -0.39 is 6.10 Å². The zero-order chi connectivity index (χ0) is 14.6. The quantitative estimate of drug-likeness (QED) is 0.618. The Balaban J connectivity index is 3.00. The minimum absolute atomic E-state index is 0.0828. The van der Waals surface area contributed by atoms with E-state index in [2.05, 4.69) is 6.92 Å². The first-order chi connectivity index (χ1) is 8.88. The van der Waals surface area contributed by atoms with E-state index in [1.165, 1.54) is 17.4 Å². The number of aliphatic hydroxyl groups excluding tert-OH is 1. The molecule has 1 aromatic heterocycles. The van der Waals surface area contributed by atoms with Crippen LogP contribution >= 0.6 is 23.1 Å². The van der Waals surface area contributed by atoms with Crippen LogP contribution in [0.25, 0.3) is 0 Å². The van der Waals surface area contributed by atoms with Gasteiger partial charge in [-0.05, 0) is 32.3 Å². The standard InChI is InChI=1S/C12H20N2O3S2/c1-8(5-6-18-4)13(3)12-10(14(16)17)7-11(19-12)9(2)15/h7-9,15H,5-6H2,1-4H3/t8?,9-/m0/s1. The van der Waals surface area contributed by atoms with Gasteiger partial charge in [-0.15, -0.1) is 11.3 Å². The van der Waals surface area contributed by atoms with Gasteiger partial charge in [0.05, 0.1) is 11.0 Å². The number of aliphatic hydroxyl groups is 1. The van der Waals surface area contributed by atoms with Gasteiger partial charge < -0.3 is 10.0 Å². The van der Waals surface area contributed by atoms with Crippen molar-refractivity contribution in [1.82, 2.24) is 0 Å². The number of nitrogens with zero attached hydrogens (tertiary/aromatic N) is 2. The van der Waals surface area contributed by atoms with Crippen LogP contribution in [-0.2, 0) is 0 Å². The number of nitro groups is 1. The third-order valence-electron chi connectivity index (χ3n) is 3.04. The van der Waals surface area contributed by atoms with Gasteiger partial charge in [-0.2, -0.15) is 11.8 Å².